The Bertz CT molecular complexity index is 477. The molecule has 0 saturated carbocycles. The number of rotatable bonds is 4. The summed E-state index contributed by atoms with van der Waals surface area (Å²) >= 11 is 5.94. The highest BCUT2D eigenvalue weighted by Gasteiger charge is 2.17. The number of likely N-dealkylation sites (N-methyl/N-ethyl adjacent to an activating group) is 1. The van der Waals surface area contributed by atoms with Crippen LogP contribution in [0.4, 0.5) is 5.69 Å². The van der Waals surface area contributed by atoms with Crippen molar-refractivity contribution < 1.29 is 9.53 Å². The zero-order valence-corrected chi connectivity index (χ0v) is 13.8. The summed E-state index contributed by atoms with van der Waals surface area (Å²) in [6.07, 6.45) is 0. The molecule has 0 aromatic heterocycles. The molecule has 0 spiro atoms. The molecular weight excluding hydrogens is 313 g/mol. The quantitative estimate of drug-likeness (QED) is 0.914. The van der Waals surface area contributed by atoms with Crippen LogP contribution >= 0.6 is 24.0 Å². The first-order chi connectivity index (χ1) is 9.58. The predicted molar refractivity (Wildman–Crippen MR) is 87.8 cm³/mol. The lowest BCUT2D eigenvalue weighted by atomic mass is 10.2. The van der Waals surface area contributed by atoms with E-state index in [4.69, 9.17) is 16.3 Å². The number of benzene rings is 1. The second-order valence-electron chi connectivity index (χ2n) is 4.97. The lowest BCUT2D eigenvalue weighted by Gasteiger charge is -2.31. The van der Waals surface area contributed by atoms with E-state index in [1.807, 2.05) is 0 Å². The van der Waals surface area contributed by atoms with Gasteiger partial charge in [-0.2, -0.15) is 0 Å². The largest absolute Gasteiger partial charge is 0.495 e. The van der Waals surface area contributed by atoms with Gasteiger partial charge in [-0.1, -0.05) is 11.6 Å². The summed E-state index contributed by atoms with van der Waals surface area (Å²) in [5, 5.41) is 3.43. The molecule has 1 fully saturated rings. The van der Waals surface area contributed by atoms with Gasteiger partial charge in [0, 0.05) is 31.2 Å². The minimum Gasteiger partial charge on any atom is -0.495 e. The van der Waals surface area contributed by atoms with Gasteiger partial charge in [0.25, 0.3) is 0 Å². The molecule has 1 heterocycles. The Labute approximate surface area is 136 Å². The molecule has 1 aliphatic heterocycles. The van der Waals surface area contributed by atoms with Crippen molar-refractivity contribution in [1.29, 1.82) is 0 Å². The number of nitrogens with one attached hydrogen (secondary N) is 1. The summed E-state index contributed by atoms with van der Waals surface area (Å²) in [5.41, 5.74) is 0.610. The van der Waals surface area contributed by atoms with E-state index in [-0.39, 0.29) is 18.3 Å². The fourth-order valence-corrected chi connectivity index (χ4v) is 2.35. The predicted octanol–water partition coefficient (Wildman–Crippen LogP) is 1.96. The Hall–Kier alpha value is -1.01. The maximum Gasteiger partial charge on any atom is 0.238 e. The first kappa shape index (κ1) is 18.0. The van der Waals surface area contributed by atoms with Gasteiger partial charge in [-0.3, -0.25) is 9.69 Å². The van der Waals surface area contributed by atoms with Crippen LogP contribution in [0.5, 0.6) is 5.75 Å². The summed E-state index contributed by atoms with van der Waals surface area (Å²) in [7, 11) is 3.66. The summed E-state index contributed by atoms with van der Waals surface area (Å²) in [5.74, 6) is 0.566. The Balaban J connectivity index is 0.00000220. The summed E-state index contributed by atoms with van der Waals surface area (Å²) in [4.78, 5) is 16.5. The molecule has 1 aromatic rings. The molecule has 1 amide bonds. The van der Waals surface area contributed by atoms with Crippen LogP contribution in [-0.4, -0.2) is 62.6 Å². The number of methoxy groups -OCH3 is 1. The SMILES string of the molecule is COc1ccc(Cl)cc1NC(=O)CN1CCN(C)CC1.Cl. The highest BCUT2D eigenvalue weighted by atomic mass is 35.5. The molecular formula is C14H21Cl2N3O2. The number of hydrogen-bond donors (Lipinski definition) is 1. The van der Waals surface area contributed by atoms with Crippen LogP contribution in [0.2, 0.25) is 5.02 Å². The number of carbonyl (C=O) groups is 1. The molecule has 5 nitrogen and oxygen atoms in total. The van der Waals surface area contributed by atoms with Crippen LogP contribution < -0.4 is 10.1 Å². The smallest absolute Gasteiger partial charge is 0.238 e. The molecule has 0 atom stereocenters. The average Bonchev–Trinajstić information content (AvgIpc) is 2.41. The molecule has 7 heteroatoms. The topological polar surface area (TPSA) is 44.8 Å². The molecule has 0 aliphatic carbocycles. The van der Waals surface area contributed by atoms with Crippen molar-refractivity contribution in [3.05, 3.63) is 23.2 Å². The highest BCUT2D eigenvalue weighted by molar-refractivity contribution is 6.31. The van der Waals surface area contributed by atoms with Crippen molar-refractivity contribution in [1.82, 2.24) is 9.80 Å². The lowest BCUT2D eigenvalue weighted by molar-refractivity contribution is -0.117. The molecule has 1 saturated heterocycles. The van der Waals surface area contributed by atoms with Crippen LogP contribution in [0.15, 0.2) is 18.2 Å². The van der Waals surface area contributed by atoms with E-state index in [9.17, 15) is 4.79 Å². The van der Waals surface area contributed by atoms with Crippen molar-refractivity contribution >= 4 is 35.6 Å². The van der Waals surface area contributed by atoms with Gasteiger partial charge in [-0.15, -0.1) is 12.4 Å². The normalized spacial score (nSPS) is 16.1. The highest BCUT2D eigenvalue weighted by Crippen LogP contribution is 2.27. The van der Waals surface area contributed by atoms with Gasteiger partial charge in [-0.25, -0.2) is 0 Å². The summed E-state index contributed by atoms with van der Waals surface area (Å²) in [6.45, 7) is 4.21. The molecule has 118 valence electrons. The van der Waals surface area contributed by atoms with E-state index < -0.39 is 0 Å². The summed E-state index contributed by atoms with van der Waals surface area (Å²) in [6, 6.07) is 5.17. The molecule has 0 bridgehead atoms. The number of amides is 1. The first-order valence-electron chi connectivity index (χ1n) is 6.63. The van der Waals surface area contributed by atoms with Gasteiger partial charge in [0.15, 0.2) is 0 Å². The maximum atomic E-state index is 12.1. The number of halogens is 2. The zero-order valence-electron chi connectivity index (χ0n) is 12.3. The average molecular weight is 334 g/mol. The lowest BCUT2D eigenvalue weighted by Crippen LogP contribution is -2.47. The monoisotopic (exact) mass is 333 g/mol. The van der Waals surface area contributed by atoms with Crippen LogP contribution in [0, 0.1) is 0 Å². The Morgan fingerprint density at radius 2 is 2.00 bits per heavy atom. The van der Waals surface area contributed by atoms with Crippen molar-refractivity contribution in [2.45, 2.75) is 0 Å². The Kier molecular flexibility index (Phi) is 7.25. The van der Waals surface area contributed by atoms with Crippen molar-refractivity contribution in [2.75, 3.05) is 52.2 Å². The van der Waals surface area contributed by atoms with Crippen LogP contribution in [-0.2, 0) is 4.79 Å². The molecule has 1 aromatic carbocycles. The maximum absolute atomic E-state index is 12.1. The second kappa shape index (κ2) is 8.44. The second-order valence-corrected chi connectivity index (χ2v) is 5.41. The van der Waals surface area contributed by atoms with Crippen molar-refractivity contribution in [3.8, 4) is 5.75 Å². The van der Waals surface area contributed by atoms with E-state index in [0.29, 0.717) is 23.0 Å². The van der Waals surface area contributed by atoms with E-state index in [0.717, 1.165) is 26.2 Å². The third-order valence-corrected chi connectivity index (χ3v) is 3.63. The van der Waals surface area contributed by atoms with Gasteiger partial charge in [0.2, 0.25) is 5.91 Å². The van der Waals surface area contributed by atoms with E-state index in [1.165, 1.54) is 0 Å². The van der Waals surface area contributed by atoms with Crippen molar-refractivity contribution in [3.63, 3.8) is 0 Å². The van der Waals surface area contributed by atoms with E-state index in [2.05, 4.69) is 22.2 Å². The molecule has 0 radical (unpaired) electrons. The molecule has 21 heavy (non-hydrogen) atoms. The van der Waals surface area contributed by atoms with Crippen molar-refractivity contribution in [2.24, 2.45) is 0 Å². The third-order valence-electron chi connectivity index (χ3n) is 3.40. The number of hydrogen-bond acceptors (Lipinski definition) is 4. The number of ether oxygens (including phenoxy) is 1. The standard InChI is InChI=1S/C14H20ClN3O2.ClH/c1-17-5-7-18(8-6-17)10-14(19)16-12-9-11(15)3-4-13(12)20-2;/h3-4,9H,5-8,10H2,1-2H3,(H,16,19);1H. The van der Waals surface area contributed by atoms with Crippen LogP contribution in [0.25, 0.3) is 0 Å². The Morgan fingerprint density at radius 1 is 1.33 bits per heavy atom. The summed E-state index contributed by atoms with van der Waals surface area (Å²) < 4.78 is 5.21. The Morgan fingerprint density at radius 3 is 2.62 bits per heavy atom. The van der Waals surface area contributed by atoms with Gasteiger partial charge in [-0.05, 0) is 25.2 Å². The van der Waals surface area contributed by atoms with Gasteiger partial charge in [0.1, 0.15) is 5.75 Å². The number of nitrogens with zero attached hydrogens (tertiary/aromatic N) is 2. The number of piperazine rings is 1. The van der Waals surface area contributed by atoms with Gasteiger partial charge in [0.05, 0.1) is 19.3 Å². The first-order valence-corrected chi connectivity index (χ1v) is 7.00. The third kappa shape index (κ3) is 5.36. The van der Waals surface area contributed by atoms with E-state index >= 15 is 0 Å². The minimum atomic E-state index is -0.0462. The van der Waals surface area contributed by atoms with Crippen LogP contribution in [0.3, 0.4) is 0 Å². The minimum absolute atomic E-state index is 0. The van der Waals surface area contributed by atoms with Crippen LogP contribution in [0.1, 0.15) is 0 Å². The fraction of sp³-hybridized carbons (Fsp3) is 0.500. The molecule has 1 aliphatic rings. The number of carbonyl (C=O) groups excluding carboxylic acids is 1. The molecule has 1 N–H and O–H groups in total. The van der Waals surface area contributed by atoms with E-state index in [1.54, 1.807) is 25.3 Å². The van der Waals surface area contributed by atoms with Gasteiger partial charge >= 0.3 is 0 Å². The molecule has 2 rings (SSSR count). The van der Waals surface area contributed by atoms with Gasteiger partial charge < -0.3 is 15.0 Å². The zero-order chi connectivity index (χ0) is 14.5. The molecule has 0 unspecified atom stereocenters. The number of anilines is 1. The fourth-order valence-electron chi connectivity index (χ4n) is 2.18.